The quantitative estimate of drug-likeness (QED) is 0.378. The van der Waals surface area contributed by atoms with Gasteiger partial charge in [-0.15, -0.1) is 0 Å². The molecule has 0 radical (unpaired) electrons. The van der Waals surface area contributed by atoms with Gasteiger partial charge in [0.1, 0.15) is 6.61 Å². The van der Waals surface area contributed by atoms with E-state index in [1.165, 1.54) is 0 Å². The fourth-order valence-corrected chi connectivity index (χ4v) is 3.63. The molecule has 0 aliphatic carbocycles. The Bertz CT molecular complexity index is 554. The highest BCUT2D eigenvalue weighted by Crippen LogP contribution is 2.28. The van der Waals surface area contributed by atoms with E-state index in [0.717, 1.165) is 11.8 Å². The van der Waals surface area contributed by atoms with Crippen LogP contribution in [0.4, 0.5) is 0 Å². The Balaban J connectivity index is 0.000000399. The minimum atomic E-state index is -4.06. The molecule has 0 unspecified atom stereocenters. The fraction of sp³-hybridized carbons (Fsp3) is 0.600. The SMILES string of the molecule is ClC(Cl)SC(Cl)Cl.O=S(=O)=C1COC(S(=O)(=O)Cl)=N1. The molecule has 0 atom stereocenters. The van der Waals surface area contributed by atoms with Crippen LogP contribution in [0.1, 0.15) is 0 Å². The standard InChI is InChI=1S/C3H2ClNO5S2.C2H2Cl4S/c4-12(8,9)3-5-2(1-10-3)11(6)7;3-1(4)7-2(5)6/h1H2;1-2H. The highest BCUT2D eigenvalue weighted by molar-refractivity contribution is 8.25. The molecule has 0 aromatic carbocycles. The third kappa shape index (κ3) is 9.46. The minimum absolute atomic E-state index is 0.380. The van der Waals surface area contributed by atoms with E-state index >= 15 is 0 Å². The second-order valence-corrected chi connectivity index (χ2v) is 10.2. The Morgan fingerprint density at radius 2 is 1.68 bits per heavy atom. The molecule has 0 bridgehead atoms. The van der Waals surface area contributed by atoms with Gasteiger partial charge in [0.25, 0.3) is 0 Å². The lowest BCUT2D eigenvalue weighted by Gasteiger charge is -1.97. The van der Waals surface area contributed by atoms with Gasteiger partial charge < -0.3 is 4.74 Å². The summed E-state index contributed by atoms with van der Waals surface area (Å²) in [6.07, 6.45) is 0. The van der Waals surface area contributed by atoms with Crippen LogP contribution >= 0.6 is 68.8 Å². The zero-order valence-corrected chi connectivity index (χ0v) is 14.7. The Hall–Kier alpha value is 0.910. The van der Waals surface area contributed by atoms with Gasteiger partial charge in [0.2, 0.25) is 15.3 Å². The molecule has 112 valence electrons. The van der Waals surface area contributed by atoms with Crippen molar-refractivity contribution >= 4 is 98.4 Å². The summed E-state index contributed by atoms with van der Waals surface area (Å²) in [6.45, 7) is -0.391. The number of nitrogens with zero attached hydrogens (tertiary/aromatic N) is 1. The number of rotatable bonds is 2. The molecule has 0 N–H and O–H groups in total. The number of hydrogen-bond donors (Lipinski definition) is 0. The van der Waals surface area contributed by atoms with Gasteiger partial charge in [0, 0.05) is 10.7 Å². The van der Waals surface area contributed by atoms with Crippen LogP contribution in [0, 0.1) is 0 Å². The summed E-state index contributed by atoms with van der Waals surface area (Å²) in [5, 5.41) is -0.775. The van der Waals surface area contributed by atoms with Crippen LogP contribution in [-0.4, -0.2) is 42.0 Å². The van der Waals surface area contributed by atoms with Crippen molar-refractivity contribution in [2.45, 2.75) is 8.34 Å². The van der Waals surface area contributed by atoms with E-state index in [1.807, 2.05) is 0 Å². The lowest BCUT2D eigenvalue weighted by atomic mass is 10.7. The highest BCUT2D eigenvalue weighted by Gasteiger charge is 2.25. The van der Waals surface area contributed by atoms with Crippen LogP contribution in [0.3, 0.4) is 0 Å². The molecule has 1 aliphatic rings. The van der Waals surface area contributed by atoms with Gasteiger partial charge in [-0.2, -0.15) is 13.4 Å². The molecule has 14 heteroatoms. The number of ether oxygens (including phenoxy) is 1. The van der Waals surface area contributed by atoms with E-state index in [0.29, 0.717) is 0 Å². The van der Waals surface area contributed by atoms with E-state index in [2.05, 4.69) is 9.73 Å². The summed E-state index contributed by atoms with van der Waals surface area (Å²) in [5.74, 6) is 0. The third-order valence-electron chi connectivity index (χ3n) is 1.14. The first-order valence-electron chi connectivity index (χ1n) is 3.87. The molecule has 0 aromatic heterocycles. The predicted molar refractivity (Wildman–Crippen MR) is 80.7 cm³/mol. The van der Waals surface area contributed by atoms with Crippen molar-refractivity contribution < 1.29 is 21.6 Å². The van der Waals surface area contributed by atoms with Crippen LogP contribution in [0.2, 0.25) is 0 Å². The Morgan fingerprint density at radius 3 is 1.84 bits per heavy atom. The molecule has 0 spiro atoms. The number of aliphatic imine (C=N–C) groups is 1. The highest BCUT2D eigenvalue weighted by atomic mass is 35.7. The minimum Gasteiger partial charge on any atom is -0.461 e. The molecular weight excluding hydrogens is 428 g/mol. The lowest BCUT2D eigenvalue weighted by Crippen LogP contribution is -2.07. The Morgan fingerprint density at radius 1 is 1.21 bits per heavy atom. The molecular formula is C5H4Cl5NO5S3. The van der Waals surface area contributed by atoms with Crippen molar-refractivity contribution in [1.82, 2.24) is 0 Å². The number of alkyl halides is 4. The second-order valence-electron chi connectivity index (χ2n) is 2.39. The van der Waals surface area contributed by atoms with Crippen LogP contribution in [0.5, 0.6) is 0 Å². The third-order valence-corrected chi connectivity index (χ3v) is 4.40. The van der Waals surface area contributed by atoms with Gasteiger partial charge >= 0.3 is 14.3 Å². The van der Waals surface area contributed by atoms with Gasteiger partial charge in [0.15, 0.2) is 8.34 Å². The number of thioether (sulfide) groups is 1. The normalized spacial score (nSPS) is 14.9. The summed E-state index contributed by atoms with van der Waals surface area (Å²) in [4.78, 5) is 2.76. The van der Waals surface area contributed by atoms with Crippen LogP contribution in [0.25, 0.3) is 0 Å². The maximum Gasteiger partial charge on any atom is 0.327 e. The summed E-state index contributed by atoms with van der Waals surface area (Å²) < 4.78 is 44.8. The van der Waals surface area contributed by atoms with Crippen LogP contribution in [0.15, 0.2) is 4.99 Å². The summed E-state index contributed by atoms with van der Waals surface area (Å²) >= 11 is 22.0. The zero-order chi connectivity index (χ0) is 15.2. The summed E-state index contributed by atoms with van der Waals surface area (Å²) in [5.41, 5.74) is 0. The molecule has 6 nitrogen and oxygen atoms in total. The van der Waals surface area contributed by atoms with Gasteiger partial charge in [-0.25, -0.2) is 8.42 Å². The fourth-order valence-electron chi connectivity index (χ4n) is 0.578. The first kappa shape index (κ1) is 19.9. The maximum absolute atomic E-state index is 10.5. The van der Waals surface area contributed by atoms with Crippen molar-refractivity contribution in [3.05, 3.63) is 0 Å². The van der Waals surface area contributed by atoms with Crippen molar-refractivity contribution in [1.29, 1.82) is 0 Å². The molecule has 1 heterocycles. The van der Waals surface area contributed by atoms with Crippen molar-refractivity contribution in [3.63, 3.8) is 0 Å². The number of halogens is 5. The van der Waals surface area contributed by atoms with E-state index in [1.54, 1.807) is 0 Å². The molecule has 0 fully saturated rings. The largest absolute Gasteiger partial charge is 0.461 e. The Kier molecular flexibility index (Phi) is 9.47. The summed E-state index contributed by atoms with van der Waals surface area (Å²) in [7, 11) is -1.82. The van der Waals surface area contributed by atoms with Gasteiger partial charge in [-0.1, -0.05) is 58.2 Å². The van der Waals surface area contributed by atoms with Crippen LogP contribution < -0.4 is 0 Å². The second kappa shape index (κ2) is 9.04. The van der Waals surface area contributed by atoms with E-state index in [4.69, 9.17) is 57.1 Å². The van der Waals surface area contributed by atoms with Crippen LogP contribution in [-0.2, 0) is 24.1 Å². The van der Waals surface area contributed by atoms with E-state index in [-0.39, 0.29) is 4.99 Å². The Labute approximate surface area is 139 Å². The predicted octanol–water partition coefficient (Wildman–Crippen LogP) is 2.19. The molecule has 0 saturated heterocycles. The number of hydrogen-bond acceptors (Lipinski definition) is 6. The smallest absolute Gasteiger partial charge is 0.327 e. The van der Waals surface area contributed by atoms with Gasteiger partial charge in [0.05, 0.1) is 0 Å². The molecule has 0 aromatic rings. The first-order valence-corrected chi connectivity index (χ1v) is 9.94. The maximum atomic E-state index is 10.5. The van der Waals surface area contributed by atoms with Crippen molar-refractivity contribution in [2.24, 2.45) is 4.99 Å². The average Bonchev–Trinajstić information content (AvgIpc) is 2.63. The monoisotopic (exact) mass is 429 g/mol. The van der Waals surface area contributed by atoms with Crippen molar-refractivity contribution in [3.8, 4) is 0 Å². The van der Waals surface area contributed by atoms with Gasteiger partial charge in [-0.3, -0.25) is 0 Å². The molecule has 0 saturated carbocycles. The van der Waals surface area contributed by atoms with E-state index < -0.39 is 39.5 Å². The zero-order valence-electron chi connectivity index (χ0n) is 8.46. The topological polar surface area (TPSA) is 89.9 Å². The molecule has 1 rings (SSSR count). The first-order chi connectivity index (χ1) is 8.54. The average molecular weight is 432 g/mol. The summed E-state index contributed by atoms with van der Waals surface area (Å²) in [6, 6.07) is 0. The molecule has 0 amide bonds. The molecule has 1 aliphatic heterocycles. The lowest BCUT2D eigenvalue weighted by molar-refractivity contribution is 0.388. The van der Waals surface area contributed by atoms with E-state index in [9.17, 15) is 16.8 Å². The molecule has 19 heavy (non-hydrogen) atoms. The van der Waals surface area contributed by atoms with Gasteiger partial charge in [-0.05, 0) is 0 Å². The van der Waals surface area contributed by atoms with Crippen molar-refractivity contribution in [2.75, 3.05) is 6.61 Å².